The molecular formula is C37H38N2. The maximum Gasteiger partial charge on any atom is 0.0705 e. The van der Waals surface area contributed by atoms with Gasteiger partial charge in [-0.3, -0.25) is 9.97 Å². The summed E-state index contributed by atoms with van der Waals surface area (Å²) < 4.78 is 0. The minimum Gasteiger partial charge on any atom is -0.252 e. The van der Waals surface area contributed by atoms with Crippen molar-refractivity contribution in [2.75, 3.05) is 0 Å². The van der Waals surface area contributed by atoms with Crippen molar-refractivity contribution in [1.82, 2.24) is 9.97 Å². The lowest BCUT2D eigenvalue weighted by atomic mass is 9.77. The van der Waals surface area contributed by atoms with Crippen LogP contribution < -0.4 is 0 Å². The van der Waals surface area contributed by atoms with Gasteiger partial charge >= 0.3 is 0 Å². The summed E-state index contributed by atoms with van der Waals surface area (Å²) >= 11 is 0. The van der Waals surface area contributed by atoms with Crippen LogP contribution in [0.5, 0.6) is 0 Å². The van der Waals surface area contributed by atoms with Crippen LogP contribution in [0.15, 0.2) is 115 Å². The smallest absolute Gasteiger partial charge is 0.0705 e. The lowest BCUT2D eigenvalue weighted by Gasteiger charge is -2.28. The molecule has 0 aliphatic carbocycles. The third kappa shape index (κ3) is 6.01. The molecule has 39 heavy (non-hydrogen) atoms. The van der Waals surface area contributed by atoms with Gasteiger partial charge in [-0.1, -0.05) is 133 Å². The van der Waals surface area contributed by atoms with Gasteiger partial charge in [0.15, 0.2) is 0 Å². The molecule has 0 saturated carbocycles. The summed E-state index contributed by atoms with van der Waals surface area (Å²) in [6.45, 7) is 13.7. The van der Waals surface area contributed by atoms with Crippen LogP contribution in [0, 0.1) is 0 Å². The quantitative estimate of drug-likeness (QED) is 0.235. The number of rotatable bonds is 5. The van der Waals surface area contributed by atoms with Gasteiger partial charge in [-0.05, 0) is 51.8 Å². The number of benzene rings is 3. The average Bonchev–Trinajstić information content (AvgIpc) is 2.93. The molecule has 0 aliphatic heterocycles. The summed E-state index contributed by atoms with van der Waals surface area (Å²) in [4.78, 5) is 10.5. The van der Waals surface area contributed by atoms with Crippen molar-refractivity contribution >= 4 is 0 Å². The van der Waals surface area contributed by atoms with E-state index < -0.39 is 0 Å². The number of nitrogens with zero attached hydrogens (tertiary/aromatic N) is 2. The van der Waals surface area contributed by atoms with Gasteiger partial charge in [-0.2, -0.15) is 0 Å². The Hall–Kier alpha value is -4.04. The molecule has 3 aromatic carbocycles. The highest BCUT2D eigenvalue weighted by Gasteiger charge is 2.26. The van der Waals surface area contributed by atoms with Crippen LogP contribution in [0.2, 0.25) is 0 Å². The van der Waals surface area contributed by atoms with Gasteiger partial charge in [0.05, 0.1) is 28.7 Å². The fourth-order valence-electron chi connectivity index (χ4n) is 4.94. The maximum absolute atomic E-state index is 5.24. The van der Waals surface area contributed by atoms with Gasteiger partial charge in [-0.15, -0.1) is 0 Å². The SMILES string of the molecule is CC(C)(C)c1cc(C(c2cccc(-c3ccccc3)n2)c2cccc(-c3ccccc3)n2)cc(C(C)(C)C)c1. The van der Waals surface area contributed by atoms with Crippen LogP contribution in [-0.4, -0.2) is 9.97 Å². The van der Waals surface area contributed by atoms with Crippen molar-refractivity contribution in [3.8, 4) is 22.5 Å². The zero-order chi connectivity index (χ0) is 27.6. The molecule has 0 saturated heterocycles. The summed E-state index contributed by atoms with van der Waals surface area (Å²) in [6.07, 6.45) is 0. The van der Waals surface area contributed by atoms with E-state index in [2.05, 4.69) is 145 Å². The van der Waals surface area contributed by atoms with E-state index in [4.69, 9.17) is 9.97 Å². The second-order valence-corrected chi connectivity index (χ2v) is 12.4. The molecule has 2 heteroatoms. The number of hydrogen-bond donors (Lipinski definition) is 0. The van der Waals surface area contributed by atoms with Crippen LogP contribution >= 0.6 is 0 Å². The van der Waals surface area contributed by atoms with Gasteiger partial charge in [0.1, 0.15) is 0 Å². The third-order valence-corrected chi connectivity index (χ3v) is 7.29. The minimum atomic E-state index is -0.110. The van der Waals surface area contributed by atoms with Crippen LogP contribution in [0.4, 0.5) is 0 Å². The predicted molar refractivity (Wildman–Crippen MR) is 164 cm³/mol. The Balaban J connectivity index is 1.75. The lowest BCUT2D eigenvalue weighted by molar-refractivity contribution is 0.566. The van der Waals surface area contributed by atoms with Crippen molar-refractivity contribution in [2.24, 2.45) is 0 Å². The molecule has 0 amide bonds. The van der Waals surface area contributed by atoms with Crippen molar-refractivity contribution < 1.29 is 0 Å². The van der Waals surface area contributed by atoms with Gasteiger partial charge in [-0.25, -0.2) is 0 Å². The Labute approximate surface area is 233 Å². The molecule has 5 rings (SSSR count). The first-order valence-corrected chi connectivity index (χ1v) is 13.8. The second kappa shape index (κ2) is 10.6. The zero-order valence-corrected chi connectivity index (χ0v) is 23.9. The molecule has 5 aromatic rings. The summed E-state index contributed by atoms with van der Waals surface area (Å²) in [6, 6.07) is 40.7. The Bertz CT molecular complexity index is 1440. The molecule has 0 radical (unpaired) electrons. The van der Waals surface area contributed by atoms with E-state index in [-0.39, 0.29) is 16.7 Å². The molecule has 0 atom stereocenters. The molecule has 2 heterocycles. The van der Waals surface area contributed by atoms with Crippen molar-refractivity contribution in [1.29, 1.82) is 0 Å². The topological polar surface area (TPSA) is 25.8 Å². The Kier molecular flexibility index (Phi) is 7.23. The fraction of sp³-hybridized carbons (Fsp3) is 0.243. The first-order valence-electron chi connectivity index (χ1n) is 13.8. The molecular weight excluding hydrogens is 472 g/mol. The number of aromatic nitrogens is 2. The van der Waals surface area contributed by atoms with Gasteiger partial charge < -0.3 is 0 Å². The van der Waals surface area contributed by atoms with Gasteiger partial charge in [0.2, 0.25) is 0 Å². The molecule has 2 aromatic heterocycles. The summed E-state index contributed by atoms with van der Waals surface area (Å²) in [5.41, 5.74) is 10.1. The van der Waals surface area contributed by atoms with E-state index in [1.165, 1.54) is 16.7 Å². The van der Waals surface area contributed by atoms with E-state index in [0.717, 1.165) is 33.9 Å². The van der Waals surface area contributed by atoms with E-state index in [9.17, 15) is 0 Å². The molecule has 0 unspecified atom stereocenters. The van der Waals surface area contributed by atoms with E-state index in [1.807, 2.05) is 12.1 Å². The van der Waals surface area contributed by atoms with Crippen molar-refractivity contribution in [3.05, 3.63) is 143 Å². The molecule has 0 N–H and O–H groups in total. The minimum absolute atomic E-state index is 0.0131. The summed E-state index contributed by atoms with van der Waals surface area (Å²) in [5.74, 6) is -0.110. The number of pyridine rings is 2. The Morgan fingerprint density at radius 2 is 0.872 bits per heavy atom. The number of hydrogen-bond acceptors (Lipinski definition) is 2. The third-order valence-electron chi connectivity index (χ3n) is 7.29. The van der Waals surface area contributed by atoms with Crippen LogP contribution in [0.1, 0.15) is 75.5 Å². The first-order chi connectivity index (χ1) is 18.6. The van der Waals surface area contributed by atoms with E-state index in [1.54, 1.807) is 0 Å². The lowest BCUT2D eigenvalue weighted by Crippen LogP contribution is -2.18. The summed E-state index contributed by atoms with van der Waals surface area (Å²) in [5, 5.41) is 0. The van der Waals surface area contributed by atoms with Crippen molar-refractivity contribution in [2.45, 2.75) is 58.3 Å². The van der Waals surface area contributed by atoms with Crippen LogP contribution in [0.25, 0.3) is 22.5 Å². The van der Waals surface area contributed by atoms with Crippen LogP contribution in [0.3, 0.4) is 0 Å². The standard InChI is InChI=1S/C37H38N2/c1-36(2,3)29-23-28(24-30(25-29)37(4,5)6)35(33-21-13-19-31(38-33)26-15-9-7-10-16-26)34-22-14-20-32(39-34)27-17-11-8-12-18-27/h7-25,35H,1-6H3. The first kappa shape index (κ1) is 26.6. The monoisotopic (exact) mass is 510 g/mol. The Morgan fingerprint density at radius 1 is 0.462 bits per heavy atom. The van der Waals surface area contributed by atoms with Crippen molar-refractivity contribution in [3.63, 3.8) is 0 Å². The molecule has 0 spiro atoms. The van der Waals surface area contributed by atoms with E-state index in [0.29, 0.717) is 0 Å². The molecule has 196 valence electrons. The fourth-order valence-corrected chi connectivity index (χ4v) is 4.94. The molecule has 0 bridgehead atoms. The molecule has 2 nitrogen and oxygen atoms in total. The van der Waals surface area contributed by atoms with Gasteiger partial charge in [0.25, 0.3) is 0 Å². The molecule has 0 fully saturated rings. The van der Waals surface area contributed by atoms with E-state index >= 15 is 0 Å². The Morgan fingerprint density at radius 3 is 1.26 bits per heavy atom. The second-order valence-electron chi connectivity index (χ2n) is 12.4. The highest BCUT2D eigenvalue weighted by atomic mass is 14.8. The normalized spacial score (nSPS) is 12.1. The molecule has 0 aliphatic rings. The summed E-state index contributed by atoms with van der Waals surface area (Å²) in [7, 11) is 0. The maximum atomic E-state index is 5.24. The highest BCUT2D eigenvalue weighted by Crippen LogP contribution is 2.38. The van der Waals surface area contributed by atoms with Crippen LogP contribution in [-0.2, 0) is 10.8 Å². The zero-order valence-electron chi connectivity index (χ0n) is 23.9. The highest BCUT2D eigenvalue weighted by molar-refractivity contribution is 5.61. The average molecular weight is 511 g/mol. The predicted octanol–water partition coefficient (Wildman–Crippen LogP) is 9.59. The van der Waals surface area contributed by atoms with Gasteiger partial charge in [0, 0.05) is 11.1 Å². The largest absolute Gasteiger partial charge is 0.252 e.